The summed E-state index contributed by atoms with van der Waals surface area (Å²) in [6.45, 7) is 12.0. The third-order valence-electron chi connectivity index (χ3n) is 4.77. The molecule has 0 amide bonds. The third-order valence-corrected chi connectivity index (χ3v) is 4.77. The molecule has 1 aliphatic heterocycles. The number of hydrogen-bond donors (Lipinski definition) is 1. The van der Waals surface area contributed by atoms with Gasteiger partial charge in [-0.15, -0.1) is 0 Å². The first-order valence-electron chi connectivity index (χ1n) is 8.02. The summed E-state index contributed by atoms with van der Waals surface area (Å²) in [4.78, 5) is 14.3. The number of carbonyl (C=O) groups is 1. The number of esters is 1. The van der Waals surface area contributed by atoms with E-state index >= 15 is 0 Å². The molecule has 118 valence electrons. The lowest BCUT2D eigenvalue weighted by Crippen LogP contribution is -2.43. The van der Waals surface area contributed by atoms with E-state index in [0.29, 0.717) is 11.5 Å². The Morgan fingerprint density at radius 1 is 1.35 bits per heavy atom. The van der Waals surface area contributed by atoms with Crippen LogP contribution in [0.15, 0.2) is 0 Å². The van der Waals surface area contributed by atoms with Gasteiger partial charge in [0.15, 0.2) is 0 Å². The van der Waals surface area contributed by atoms with Gasteiger partial charge in [-0.2, -0.15) is 0 Å². The number of rotatable bonds is 8. The first-order chi connectivity index (χ1) is 9.46. The van der Waals surface area contributed by atoms with Crippen LogP contribution in [0, 0.1) is 5.41 Å². The van der Waals surface area contributed by atoms with Crippen LogP contribution in [0.4, 0.5) is 0 Å². The Kier molecular flexibility index (Phi) is 6.96. The van der Waals surface area contributed by atoms with Crippen molar-refractivity contribution in [1.29, 1.82) is 0 Å². The van der Waals surface area contributed by atoms with Crippen molar-refractivity contribution in [3.63, 3.8) is 0 Å². The minimum Gasteiger partial charge on any atom is -0.468 e. The molecule has 1 saturated heterocycles. The van der Waals surface area contributed by atoms with Gasteiger partial charge in [-0.25, -0.2) is 0 Å². The van der Waals surface area contributed by atoms with Crippen LogP contribution in [0.25, 0.3) is 0 Å². The second-order valence-corrected chi connectivity index (χ2v) is 6.42. The highest BCUT2D eigenvalue weighted by atomic mass is 16.5. The van der Waals surface area contributed by atoms with Gasteiger partial charge >= 0.3 is 5.97 Å². The zero-order chi connectivity index (χ0) is 15.2. The van der Waals surface area contributed by atoms with Gasteiger partial charge in [0.2, 0.25) is 0 Å². The van der Waals surface area contributed by atoms with E-state index in [0.717, 1.165) is 19.5 Å². The zero-order valence-corrected chi connectivity index (χ0v) is 13.9. The van der Waals surface area contributed by atoms with E-state index in [1.54, 1.807) is 0 Å². The average molecular weight is 284 g/mol. The topological polar surface area (TPSA) is 41.6 Å². The van der Waals surface area contributed by atoms with Gasteiger partial charge in [0, 0.05) is 19.1 Å². The molecule has 20 heavy (non-hydrogen) atoms. The summed E-state index contributed by atoms with van der Waals surface area (Å²) in [6.07, 6.45) is 4.63. The summed E-state index contributed by atoms with van der Waals surface area (Å²) >= 11 is 0. The quantitative estimate of drug-likeness (QED) is 0.695. The maximum Gasteiger partial charge on any atom is 0.322 e. The van der Waals surface area contributed by atoms with Gasteiger partial charge in [-0.3, -0.25) is 4.79 Å². The number of likely N-dealkylation sites (tertiary alicyclic amines) is 1. The van der Waals surface area contributed by atoms with Gasteiger partial charge in [-0.1, -0.05) is 27.7 Å². The van der Waals surface area contributed by atoms with Crippen molar-refractivity contribution in [2.45, 2.75) is 65.5 Å². The molecule has 1 heterocycles. The number of nitrogens with one attached hydrogen (secondary N) is 1. The number of ether oxygens (including phenoxy) is 1. The fraction of sp³-hybridized carbons (Fsp3) is 0.938. The van der Waals surface area contributed by atoms with Crippen LogP contribution in [0.1, 0.15) is 53.4 Å². The molecule has 0 radical (unpaired) electrons. The molecule has 1 N–H and O–H groups in total. The molecule has 0 aromatic heterocycles. The molecule has 0 saturated carbocycles. The lowest BCUT2D eigenvalue weighted by Gasteiger charge is -2.27. The lowest BCUT2D eigenvalue weighted by molar-refractivity contribution is -0.143. The largest absolute Gasteiger partial charge is 0.468 e. The SMILES string of the molecule is CCC1(CC)CCN(CCC(NC(C)C)C(=O)OC)C1. The summed E-state index contributed by atoms with van der Waals surface area (Å²) in [5.41, 5.74) is 0.506. The summed E-state index contributed by atoms with van der Waals surface area (Å²) in [7, 11) is 1.46. The zero-order valence-electron chi connectivity index (χ0n) is 13.9. The smallest absolute Gasteiger partial charge is 0.322 e. The molecule has 4 heteroatoms. The summed E-state index contributed by atoms with van der Waals surface area (Å²) in [5, 5.41) is 3.30. The van der Waals surface area contributed by atoms with Crippen LogP contribution < -0.4 is 5.32 Å². The van der Waals surface area contributed by atoms with Crippen molar-refractivity contribution >= 4 is 5.97 Å². The maximum atomic E-state index is 11.8. The minimum absolute atomic E-state index is 0.143. The van der Waals surface area contributed by atoms with Gasteiger partial charge in [-0.05, 0) is 37.6 Å². The van der Waals surface area contributed by atoms with Crippen LogP contribution in [0.2, 0.25) is 0 Å². The summed E-state index contributed by atoms with van der Waals surface area (Å²) in [6, 6.07) is 0.112. The second kappa shape index (κ2) is 7.99. The highest BCUT2D eigenvalue weighted by Crippen LogP contribution is 2.36. The monoisotopic (exact) mass is 284 g/mol. The molecule has 1 atom stereocenters. The van der Waals surface area contributed by atoms with Crippen LogP contribution >= 0.6 is 0 Å². The number of nitrogens with zero attached hydrogens (tertiary/aromatic N) is 1. The molecule has 1 rings (SSSR count). The van der Waals surface area contributed by atoms with Gasteiger partial charge in [0.1, 0.15) is 6.04 Å². The van der Waals surface area contributed by atoms with Crippen LogP contribution in [0.3, 0.4) is 0 Å². The van der Waals surface area contributed by atoms with Crippen LogP contribution in [-0.4, -0.2) is 49.7 Å². The Morgan fingerprint density at radius 2 is 2.00 bits per heavy atom. The molecule has 1 unspecified atom stereocenters. The van der Waals surface area contributed by atoms with Gasteiger partial charge in [0.25, 0.3) is 0 Å². The van der Waals surface area contributed by atoms with Crippen LogP contribution in [-0.2, 0) is 9.53 Å². The van der Waals surface area contributed by atoms with Crippen molar-refractivity contribution in [3.8, 4) is 0 Å². The Hall–Kier alpha value is -0.610. The number of methoxy groups -OCH3 is 1. The third kappa shape index (κ3) is 4.74. The molecule has 0 aliphatic carbocycles. The highest BCUT2D eigenvalue weighted by Gasteiger charge is 2.35. The molecule has 4 nitrogen and oxygen atoms in total. The first kappa shape index (κ1) is 17.4. The van der Waals surface area contributed by atoms with Crippen molar-refractivity contribution in [3.05, 3.63) is 0 Å². The van der Waals surface area contributed by atoms with E-state index < -0.39 is 0 Å². The van der Waals surface area contributed by atoms with Crippen molar-refractivity contribution in [2.75, 3.05) is 26.7 Å². The number of carbonyl (C=O) groups excluding carboxylic acids is 1. The lowest BCUT2D eigenvalue weighted by atomic mass is 9.82. The van der Waals surface area contributed by atoms with Crippen molar-refractivity contribution in [2.24, 2.45) is 5.41 Å². The van der Waals surface area contributed by atoms with Crippen molar-refractivity contribution in [1.82, 2.24) is 10.2 Å². The normalized spacial score (nSPS) is 20.3. The van der Waals surface area contributed by atoms with Gasteiger partial charge in [0.05, 0.1) is 7.11 Å². The Balaban J connectivity index is 2.46. The molecular weight excluding hydrogens is 252 g/mol. The van der Waals surface area contributed by atoms with E-state index in [9.17, 15) is 4.79 Å². The molecule has 0 spiro atoms. The summed E-state index contributed by atoms with van der Waals surface area (Å²) < 4.78 is 4.89. The van der Waals surface area contributed by atoms with E-state index in [2.05, 4.69) is 37.9 Å². The van der Waals surface area contributed by atoms with Crippen molar-refractivity contribution < 1.29 is 9.53 Å². The fourth-order valence-corrected chi connectivity index (χ4v) is 3.17. The standard InChI is InChI=1S/C16H32N2O2/c1-6-16(7-2)9-11-18(12-16)10-8-14(15(19)20-5)17-13(3)4/h13-14,17H,6-12H2,1-5H3. The predicted molar refractivity (Wildman–Crippen MR) is 82.8 cm³/mol. The molecule has 0 bridgehead atoms. The van der Waals surface area contributed by atoms with E-state index in [4.69, 9.17) is 4.74 Å². The highest BCUT2D eigenvalue weighted by molar-refractivity contribution is 5.75. The minimum atomic E-state index is -0.182. The maximum absolute atomic E-state index is 11.8. The van der Waals surface area contributed by atoms with E-state index in [1.165, 1.54) is 32.9 Å². The second-order valence-electron chi connectivity index (χ2n) is 6.42. The molecular formula is C16H32N2O2. The Bertz CT molecular complexity index is 301. The average Bonchev–Trinajstić information content (AvgIpc) is 2.86. The predicted octanol–water partition coefficient (Wildman–Crippen LogP) is 2.43. The molecule has 1 aliphatic rings. The first-order valence-corrected chi connectivity index (χ1v) is 8.02. The van der Waals surface area contributed by atoms with E-state index in [-0.39, 0.29) is 12.0 Å². The Labute approximate surface area is 124 Å². The van der Waals surface area contributed by atoms with Gasteiger partial charge < -0.3 is 15.0 Å². The molecule has 1 fully saturated rings. The fourth-order valence-electron chi connectivity index (χ4n) is 3.17. The van der Waals surface area contributed by atoms with Crippen LogP contribution in [0.5, 0.6) is 0 Å². The molecule has 0 aromatic carbocycles. The van der Waals surface area contributed by atoms with E-state index in [1.807, 2.05) is 0 Å². The Morgan fingerprint density at radius 3 is 2.45 bits per heavy atom. The molecule has 0 aromatic rings. The summed E-state index contributed by atoms with van der Waals surface area (Å²) in [5.74, 6) is -0.143. The number of hydrogen-bond acceptors (Lipinski definition) is 4.